The Labute approximate surface area is 187 Å². The van der Waals surface area contributed by atoms with E-state index >= 15 is 0 Å². The number of ether oxygens (including phenoxy) is 2. The molecule has 0 fully saturated rings. The molecule has 1 aromatic heterocycles. The summed E-state index contributed by atoms with van der Waals surface area (Å²) in [5, 5.41) is 3.88. The molecule has 32 heavy (non-hydrogen) atoms. The molecule has 7 heteroatoms. The van der Waals surface area contributed by atoms with E-state index in [1.807, 2.05) is 67.6 Å². The average molecular weight is 437 g/mol. The molecule has 2 aromatic carbocycles. The molecule has 0 aliphatic rings. The Balaban J connectivity index is 1.99. The molecule has 0 saturated carbocycles. The summed E-state index contributed by atoms with van der Waals surface area (Å²) < 4.78 is 15.8. The second-order valence-electron chi connectivity index (χ2n) is 7.26. The van der Waals surface area contributed by atoms with E-state index in [1.165, 1.54) is 0 Å². The number of carbonyl (C=O) groups excluding carboxylic acids is 2. The van der Waals surface area contributed by atoms with Crippen molar-refractivity contribution in [2.45, 2.75) is 39.9 Å². The maximum atomic E-state index is 12.8. The van der Waals surface area contributed by atoms with E-state index in [2.05, 4.69) is 10.1 Å². The van der Waals surface area contributed by atoms with Crippen LogP contribution in [0.2, 0.25) is 0 Å². The minimum Gasteiger partial charge on any atom is -0.462 e. The van der Waals surface area contributed by atoms with Gasteiger partial charge in [0.15, 0.2) is 5.76 Å². The fourth-order valence-electron chi connectivity index (χ4n) is 3.46. The van der Waals surface area contributed by atoms with Gasteiger partial charge >= 0.3 is 11.9 Å². The Morgan fingerprint density at radius 2 is 1.38 bits per heavy atom. The van der Waals surface area contributed by atoms with Crippen molar-refractivity contribution in [3.05, 3.63) is 88.8 Å². The molecule has 0 aliphatic carbocycles. The van der Waals surface area contributed by atoms with Crippen LogP contribution in [0.3, 0.4) is 0 Å². The van der Waals surface area contributed by atoms with Crippen LogP contribution in [0.1, 0.15) is 64.5 Å². The number of carbonyl (C=O) groups is 2. The fraction of sp³-hybridized carbons (Fsp3) is 0.320. The number of benzene rings is 2. The molecule has 1 unspecified atom stereocenters. The molecule has 0 bridgehead atoms. The zero-order valence-electron chi connectivity index (χ0n) is 18.6. The van der Waals surface area contributed by atoms with Gasteiger partial charge in [-0.15, -0.1) is 0 Å². The van der Waals surface area contributed by atoms with Crippen LogP contribution in [0.25, 0.3) is 0 Å². The first-order valence-electron chi connectivity index (χ1n) is 10.7. The van der Waals surface area contributed by atoms with E-state index in [-0.39, 0.29) is 36.3 Å². The van der Waals surface area contributed by atoms with Gasteiger partial charge in [0.05, 0.1) is 19.3 Å². The third-order valence-corrected chi connectivity index (χ3v) is 5.05. The lowest BCUT2D eigenvalue weighted by atomic mass is 10.0. The zero-order chi connectivity index (χ0) is 22.9. The number of aromatic nitrogens is 1. The highest BCUT2D eigenvalue weighted by Gasteiger charge is 2.34. The van der Waals surface area contributed by atoms with Crippen LogP contribution in [0.5, 0.6) is 0 Å². The van der Waals surface area contributed by atoms with Crippen LogP contribution in [0, 0.1) is 0 Å². The summed E-state index contributed by atoms with van der Waals surface area (Å²) in [5.41, 5.74) is 2.08. The lowest BCUT2D eigenvalue weighted by Gasteiger charge is -2.28. The lowest BCUT2D eigenvalue weighted by molar-refractivity contribution is 0.0472. The molecule has 0 aliphatic heterocycles. The normalized spacial score (nSPS) is 11.9. The third kappa shape index (κ3) is 5.62. The summed E-state index contributed by atoms with van der Waals surface area (Å²) in [6, 6.07) is 19.7. The standard InChI is InChI=1S/C25H28N2O5/c1-4-30-24(28)21-22(25(29)31-5-2)26-32-23(21)18(3)27(16-19-12-8-6-9-13-19)17-20-14-10-7-11-15-20/h6-15,18H,4-5,16-17H2,1-3H3. The molecule has 0 spiro atoms. The SMILES string of the molecule is CCOC(=O)c1noc(C(C)N(Cc2ccccc2)Cc2ccccc2)c1C(=O)OCC. The molecule has 3 rings (SSSR count). The Hall–Kier alpha value is -3.45. The van der Waals surface area contributed by atoms with Gasteiger partial charge in [0.25, 0.3) is 0 Å². The van der Waals surface area contributed by atoms with Gasteiger partial charge in [-0.2, -0.15) is 0 Å². The number of nitrogens with zero attached hydrogens (tertiary/aromatic N) is 2. The molecule has 0 amide bonds. The predicted octanol–water partition coefficient (Wildman–Crippen LogP) is 4.79. The Kier molecular flexibility index (Phi) is 8.16. The Bertz CT molecular complexity index is 976. The minimum atomic E-state index is -0.713. The van der Waals surface area contributed by atoms with Gasteiger partial charge in [0.1, 0.15) is 5.56 Å². The molecule has 3 aromatic rings. The Morgan fingerprint density at radius 3 is 1.88 bits per heavy atom. The largest absolute Gasteiger partial charge is 0.462 e. The van der Waals surface area contributed by atoms with Gasteiger partial charge in [0.2, 0.25) is 5.69 Å². The number of hydrogen-bond donors (Lipinski definition) is 0. The van der Waals surface area contributed by atoms with Crippen molar-refractivity contribution in [3.63, 3.8) is 0 Å². The summed E-state index contributed by atoms with van der Waals surface area (Å²) in [5.74, 6) is -1.09. The summed E-state index contributed by atoms with van der Waals surface area (Å²) in [7, 11) is 0. The van der Waals surface area contributed by atoms with Crippen molar-refractivity contribution >= 4 is 11.9 Å². The summed E-state index contributed by atoms with van der Waals surface area (Å²) in [6.07, 6.45) is 0. The molecule has 1 heterocycles. The maximum Gasteiger partial charge on any atom is 0.361 e. The highest BCUT2D eigenvalue weighted by atomic mass is 16.5. The minimum absolute atomic E-state index is 0.0175. The monoisotopic (exact) mass is 436 g/mol. The molecule has 7 nitrogen and oxygen atoms in total. The number of rotatable bonds is 10. The van der Waals surface area contributed by atoms with Gasteiger partial charge in [-0.3, -0.25) is 4.90 Å². The first-order valence-corrected chi connectivity index (χ1v) is 10.7. The predicted molar refractivity (Wildman–Crippen MR) is 119 cm³/mol. The Morgan fingerprint density at radius 1 is 0.875 bits per heavy atom. The van der Waals surface area contributed by atoms with E-state index in [4.69, 9.17) is 14.0 Å². The molecule has 0 saturated heterocycles. The molecule has 1 atom stereocenters. The van der Waals surface area contributed by atoms with Crippen molar-refractivity contribution in [1.29, 1.82) is 0 Å². The van der Waals surface area contributed by atoms with E-state index in [0.29, 0.717) is 13.1 Å². The van der Waals surface area contributed by atoms with Crippen LogP contribution in [-0.2, 0) is 22.6 Å². The smallest absolute Gasteiger partial charge is 0.361 e. The van der Waals surface area contributed by atoms with Crippen LogP contribution in [0.4, 0.5) is 0 Å². The molecular formula is C25H28N2O5. The van der Waals surface area contributed by atoms with Crippen molar-refractivity contribution in [2.24, 2.45) is 0 Å². The van der Waals surface area contributed by atoms with Gasteiger partial charge in [-0.25, -0.2) is 9.59 Å². The van der Waals surface area contributed by atoms with Crippen LogP contribution in [-0.4, -0.2) is 35.2 Å². The van der Waals surface area contributed by atoms with E-state index in [9.17, 15) is 9.59 Å². The van der Waals surface area contributed by atoms with Crippen molar-refractivity contribution in [2.75, 3.05) is 13.2 Å². The maximum absolute atomic E-state index is 12.8. The molecule has 0 N–H and O–H groups in total. The highest BCUT2D eigenvalue weighted by molar-refractivity contribution is 6.02. The van der Waals surface area contributed by atoms with Crippen LogP contribution < -0.4 is 0 Å². The average Bonchev–Trinajstić information content (AvgIpc) is 3.25. The molecule has 0 radical (unpaired) electrons. The molecule has 168 valence electrons. The summed E-state index contributed by atoms with van der Waals surface area (Å²) >= 11 is 0. The zero-order valence-corrected chi connectivity index (χ0v) is 18.6. The van der Waals surface area contributed by atoms with E-state index in [0.717, 1.165) is 11.1 Å². The number of hydrogen-bond acceptors (Lipinski definition) is 7. The summed E-state index contributed by atoms with van der Waals surface area (Å²) in [6.45, 7) is 6.85. The quantitative estimate of drug-likeness (QED) is 0.423. The lowest BCUT2D eigenvalue weighted by Crippen LogP contribution is -2.27. The first kappa shape index (κ1) is 23.2. The van der Waals surface area contributed by atoms with Gasteiger partial charge in [-0.05, 0) is 31.9 Å². The van der Waals surface area contributed by atoms with E-state index < -0.39 is 11.9 Å². The van der Waals surface area contributed by atoms with E-state index in [1.54, 1.807) is 13.8 Å². The van der Waals surface area contributed by atoms with Crippen molar-refractivity contribution < 1.29 is 23.6 Å². The van der Waals surface area contributed by atoms with Gasteiger partial charge in [0, 0.05) is 13.1 Å². The first-order chi connectivity index (χ1) is 15.5. The van der Waals surface area contributed by atoms with Gasteiger partial charge < -0.3 is 14.0 Å². The topological polar surface area (TPSA) is 81.9 Å². The fourth-order valence-corrected chi connectivity index (χ4v) is 3.46. The molecular weight excluding hydrogens is 408 g/mol. The highest BCUT2D eigenvalue weighted by Crippen LogP contribution is 2.30. The van der Waals surface area contributed by atoms with Crippen LogP contribution >= 0.6 is 0 Å². The van der Waals surface area contributed by atoms with Crippen molar-refractivity contribution in [3.8, 4) is 0 Å². The van der Waals surface area contributed by atoms with Gasteiger partial charge in [-0.1, -0.05) is 65.8 Å². The third-order valence-electron chi connectivity index (χ3n) is 5.05. The van der Waals surface area contributed by atoms with Crippen LogP contribution in [0.15, 0.2) is 65.2 Å². The van der Waals surface area contributed by atoms with Crippen molar-refractivity contribution in [1.82, 2.24) is 10.1 Å². The number of esters is 2. The second kappa shape index (κ2) is 11.2. The summed E-state index contributed by atoms with van der Waals surface area (Å²) in [4.78, 5) is 27.3. The second-order valence-corrected chi connectivity index (χ2v) is 7.26.